The highest BCUT2D eigenvalue weighted by molar-refractivity contribution is 5.76. The molecule has 5 heteroatoms. The fraction of sp³-hybridized carbons (Fsp3) is 0.600. The summed E-state index contributed by atoms with van der Waals surface area (Å²) < 4.78 is 5.07. The second-order valence-electron chi connectivity index (χ2n) is 5.62. The average Bonchev–Trinajstić information content (AvgIpc) is 2.41. The van der Waals surface area contributed by atoms with E-state index in [4.69, 9.17) is 10.5 Å². The first-order chi connectivity index (χ1) is 9.42. The molecule has 0 aliphatic rings. The molecule has 0 aliphatic heterocycles. The molecule has 1 aromatic heterocycles. The Balaban J connectivity index is 2.61. The third-order valence-corrected chi connectivity index (χ3v) is 2.98. The molecule has 1 aromatic rings. The van der Waals surface area contributed by atoms with Gasteiger partial charge in [0.15, 0.2) is 0 Å². The van der Waals surface area contributed by atoms with Crippen molar-refractivity contribution in [1.29, 1.82) is 0 Å². The minimum atomic E-state index is -0.326. The van der Waals surface area contributed by atoms with Gasteiger partial charge >= 0.3 is 0 Å². The van der Waals surface area contributed by atoms with Crippen LogP contribution >= 0.6 is 0 Å². The number of hydrogen-bond donors (Lipinski definition) is 1. The van der Waals surface area contributed by atoms with E-state index in [-0.39, 0.29) is 11.4 Å². The van der Waals surface area contributed by atoms with Gasteiger partial charge in [0.2, 0.25) is 5.91 Å². The van der Waals surface area contributed by atoms with E-state index >= 15 is 0 Å². The highest BCUT2D eigenvalue weighted by atomic mass is 16.5. The smallest absolute Gasteiger partial charge is 0.223 e. The third kappa shape index (κ3) is 6.63. The van der Waals surface area contributed by atoms with Gasteiger partial charge in [-0.25, -0.2) is 0 Å². The molecule has 0 saturated heterocycles. The Labute approximate surface area is 121 Å². The summed E-state index contributed by atoms with van der Waals surface area (Å²) in [6.07, 6.45) is 2.84. The summed E-state index contributed by atoms with van der Waals surface area (Å²) in [6, 6.07) is 5.70. The summed E-state index contributed by atoms with van der Waals surface area (Å²) in [5, 5.41) is 0. The predicted octanol–water partition coefficient (Wildman–Crippen LogP) is 1.57. The van der Waals surface area contributed by atoms with Gasteiger partial charge in [-0.2, -0.15) is 0 Å². The molecule has 1 amide bonds. The zero-order chi connectivity index (χ0) is 15.0. The minimum absolute atomic E-state index is 0.0891. The number of hydrogen-bond acceptors (Lipinski definition) is 4. The maximum absolute atomic E-state index is 12.3. The Bertz CT molecular complexity index is 401. The van der Waals surface area contributed by atoms with Crippen LogP contribution in [0.1, 0.15) is 32.4 Å². The number of pyridine rings is 1. The number of rotatable bonds is 8. The van der Waals surface area contributed by atoms with Crippen LogP contribution in [-0.4, -0.2) is 41.6 Å². The molecule has 0 atom stereocenters. The van der Waals surface area contributed by atoms with Gasteiger partial charge < -0.3 is 15.4 Å². The van der Waals surface area contributed by atoms with Crippen LogP contribution in [0.4, 0.5) is 0 Å². The molecule has 2 N–H and O–H groups in total. The first-order valence-electron chi connectivity index (χ1n) is 6.88. The number of aromatic nitrogens is 1. The van der Waals surface area contributed by atoms with Crippen molar-refractivity contribution in [3.8, 4) is 0 Å². The topological polar surface area (TPSA) is 68.5 Å². The third-order valence-electron chi connectivity index (χ3n) is 2.98. The van der Waals surface area contributed by atoms with Crippen molar-refractivity contribution >= 4 is 5.91 Å². The van der Waals surface area contributed by atoms with Crippen molar-refractivity contribution in [2.75, 3.05) is 20.3 Å². The summed E-state index contributed by atoms with van der Waals surface area (Å²) in [7, 11) is 1.63. The van der Waals surface area contributed by atoms with E-state index in [1.54, 1.807) is 18.2 Å². The van der Waals surface area contributed by atoms with Crippen molar-refractivity contribution in [3.63, 3.8) is 0 Å². The molecule has 0 radical (unpaired) electrons. The fourth-order valence-corrected chi connectivity index (χ4v) is 1.77. The predicted molar refractivity (Wildman–Crippen MR) is 79.0 cm³/mol. The molecule has 0 unspecified atom stereocenters. The van der Waals surface area contributed by atoms with E-state index in [0.717, 1.165) is 5.69 Å². The molecular formula is C15H25N3O2. The Morgan fingerprint density at radius 1 is 1.45 bits per heavy atom. The molecular weight excluding hydrogens is 254 g/mol. The molecule has 1 heterocycles. The molecule has 0 spiro atoms. The van der Waals surface area contributed by atoms with Crippen LogP contribution < -0.4 is 5.73 Å². The number of carbonyl (C=O) groups is 1. The van der Waals surface area contributed by atoms with Crippen LogP contribution in [0, 0.1) is 0 Å². The first kappa shape index (κ1) is 16.6. The highest BCUT2D eigenvalue weighted by Crippen LogP contribution is 2.11. The number of methoxy groups -OCH3 is 1. The zero-order valence-corrected chi connectivity index (χ0v) is 12.6. The monoisotopic (exact) mass is 279 g/mol. The van der Waals surface area contributed by atoms with E-state index < -0.39 is 0 Å². The quantitative estimate of drug-likeness (QED) is 0.784. The second kappa shape index (κ2) is 7.97. The van der Waals surface area contributed by atoms with Gasteiger partial charge in [-0.1, -0.05) is 6.07 Å². The number of amides is 1. The molecule has 1 rings (SSSR count). The Kier molecular flexibility index (Phi) is 6.61. The summed E-state index contributed by atoms with van der Waals surface area (Å²) in [6.45, 7) is 5.45. The van der Waals surface area contributed by atoms with E-state index in [1.165, 1.54) is 0 Å². The Morgan fingerprint density at radius 3 is 2.75 bits per heavy atom. The van der Waals surface area contributed by atoms with Crippen LogP contribution in [0.15, 0.2) is 24.4 Å². The fourth-order valence-electron chi connectivity index (χ4n) is 1.77. The van der Waals surface area contributed by atoms with Gasteiger partial charge in [-0.05, 0) is 32.4 Å². The Hall–Kier alpha value is -1.46. The average molecular weight is 279 g/mol. The van der Waals surface area contributed by atoms with Crippen LogP contribution in [0.3, 0.4) is 0 Å². The van der Waals surface area contributed by atoms with E-state index in [0.29, 0.717) is 32.5 Å². The molecule has 20 heavy (non-hydrogen) atoms. The molecule has 112 valence electrons. The SMILES string of the molecule is COCCN(Cc1ccccn1)C(=O)CCC(C)(C)N. The van der Waals surface area contributed by atoms with Crippen molar-refractivity contribution in [2.24, 2.45) is 5.73 Å². The van der Waals surface area contributed by atoms with E-state index in [2.05, 4.69) is 4.98 Å². The van der Waals surface area contributed by atoms with Crippen molar-refractivity contribution in [3.05, 3.63) is 30.1 Å². The lowest BCUT2D eigenvalue weighted by Gasteiger charge is -2.24. The van der Waals surface area contributed by atoms with Crippen LogP contribution in [0.25, 0.3) is 0 Å². The Morgan fingerprint density at radius 2 is 2.20 bits per heavy atom. The lowest BCUT2D eigenvalue weighted by molar-refractivity contribution is -0.132. The number of nitrogens with zero attached hydrogens (tertiary/aromatic N) is 2. The van der Waals surface area contributed by atoms with Gasteiger partial charge in [0.1, 0.15) is 0 Å². The van der Waals surface area contributed by atoms with Crippen molar-refractivity contribution in [2.45, 2.75) is 38.8 Å². The summed E-state index contributed by atoms with van der Waals surface area (Å²) in [5.41, 5.74) is 6.48. The normalized spacial score (nSPS) is 11.4. The minimum Gasteiger partial charge on any atom is -0.383 e. The first-order valence-corrected chi connectivity index (χ1v) is 6.88. The highest BCUT2D eigenvalue weighted by Gasteiger charge is 2.18. The van der Waals surface area contributed by atoms with E-state index in [9.17, 15) is 4.79 Å². The van der Waals surface area contributed by atoms with Gasteiger partial charge in [0, 0.05) is 31.8 Å². The summed E-state index contributed by atoms with van der Waals surface area (Å²) >= 11 is 0. The molecule has 5 nitrogen and oxygen atoms in total. The molecule has 0 fully saturated rings. The maximum Gasteiger partial charge on any atom is 0.223 e. The van der Waals surface area contributed by atoms with Crippen molar-refractivity contribution < 1.29 is 9.53 Å². The van der Waals surface area contributed by atoms with Gasteiger partial charge in [-0.3, -0.25) is 9.78 Å². The standard InChI is InChI=1S/C15H25N3O2/c1-15(2,16)8-7-14(19)18(10-11-20-3)12-13-6-4-5-9-17-13/h4-6,9H,7-8,10-12,16H2,1-3H3. The molecule has 0 aliphatic carbocycles. The van der Waals surface area contributed by atoms with Crippen molar-refractivity contribution in [1.82, 2.24) is 9.88 Å². The zero-order valence-electron chi connectivity index (χ0n) is 12.6. The van der Waals surface area contributed by atoms with Crippen LogP contribution in [0.2, 0.25) is 0 Å². The lowest BCUT2D eigenvalue weighted by atomic mass is 9.99. The molecule has 0 aromatic carbocycles. The number of carbonyl (C=O) groups excluding carboxylic acids is 1. The van der Waals surface area contributed by atoms with Crippen LogP contribution in [-0.2, 0) is 16.1 Å². The summed E-state index contributed by atoms with van der Waals surface area (Å²) in [4.78, 5) is 18.3. The largest absolute Gasteiger partial charge is 0.383 e. The van der Waals surface area contributed by atoms with Crippen LogP contribution in [0.5, 0.6) is 0 Å². The van der Waals surface area contributed by atoms with Gasteiger partial charge in [-0.15, -0.1) is 0 Å². The molecule has 0 saturated carbocycles. The second-order valence-corrected chi connectivity index (χ2v) is 5.62. The number of ether oxygens (including phenoxy) is 1. The van der Waals surface area contributed by atoms with Gasteiger partial charge in [0.05, 0.1) is 18.8 Å². The molecule has 0 bridgehead atoms. The maximum atomic E-state index is 12.3. The number of nitrogens with two attached hydrogens (primary N) is 1. The lowest BCUT2D eigenvalue weighted by Crippen LogP contribution is -2.37. The summed E-state index contributed by atoms with van der Waals surface area (Å²) in [5.74, 6) is 0.0891. The van der Waals surface area contributed by atoms with E-state index in [1.807, 2.05) is 32.0 Å². The van der Waals surface area contributed by atoms with Gasteiger partial charge in [0.25, 0.3) is 0 Å².